The summed E-state index contributed by atoms with van der Waals surface area (Å²) in [6.07, 6.45) is -3.00. The number of nitrogens with one attached hydrogen (secondary N) is 1. The Bertz CT molecular complexity index is 663. The Morgan fingerprint density at radius 1 is 1.26 bits per heavy atom. The quantitative estimate of drug-likeness (QED) is 0.885. The minimum absolute atomic E-state index is 0.160. The number of pyridine rings is 1. The molecule has 1 heterocycles. The third-order valence-corrected chi connectivity index (χ3v) is 2.83. The number of nitrogens with two attached hydrogens (primary N) is 1. The number of aromatic nitrogens is 1. The van der Waals surface area contributed by atoms with Crippen LogP contribution in [0.5, 0.6) is 5.75 Å². The molecule has 0 aliphatic carbocycles. The van der Waals surface area contributed by atoms with Crippen LogP contribution in [0.25, 0.3) is 0 Å². The SMILES string of the molecule is N[C@@H](Cc1ccccn1)C(=O)Nc1cccc(OC(F)(F)F)c1. The molecule has 0 saturated heterocycles. The fraction of sp³-hybridized carbons (Fsp3) is 0.200. The third-order valence-electron chi connectivity index (χ3n) is 2.83. The zero-order valence-electron chi connectivity index (χ0n) is 11.9. The Balaban J connectivity index is 1.98. The number of alkyl halides is 3. The van der Waals surface area contributed by atoms with Gasteiger partial charge < -0.3 is 15.8 Å². The van der Waals surface area contributed by atoms with Crippen molar-refractivity contribution in [2.24, 2.45) is 5.73 Å². The highest BCUT2D eigenvalue weighted by atomic mass is 19.4. The highest BCUT2D eigenvalue weighted by Crippen LogP contribution is 2.25. The molecule has 1 atom stereocenters. The standard InChI is InChI=1S/C15H14F3N3O2/c16-15(17,18)23-12-6-3-5-11(8-12)21-14(22)13(19)9-10-4-1-2-7-20-10/h1-8,13H,9,19H2,(H,21,22)/t13-/m0/s1. The lowest BCUT2D eigenvalue weighted by molar-refractivity contribution is -0.274. The van der Waals surface area contributed by atoms with Crippen molar-refractivity contribution in [1.29, 1.82) is 0 Å². The van der Waals surface area contributed by atoms with Gasteiger partial charge in [0.2, 0.25) is 5.91 Å². The maximum absolute atomic E-state index is 12.2. The van der Waals surface area contributed by atoms with Gasteiger partial charge in [0.05, 0.1) is 6.04 Å². The van der Waals surface area contributed by atoms with Gasteiger partial charge in [-0.2, -0.15) is 0 Å². The first-order chi connectivity index (χ1) is 10.8. The van der Waals surface area contributed by atoms with E-state index in [1.807, 2.05) is 0 Å². The fourth-order valence-corrected chi connectivity index (χ4v) is 1.84. The molecular weight excluding hydrogens is 311 g/mol. The normalized spacial score (nSPS) is 12.5. The van der Waals surface area contributed by atoms with Crippen LogP contribution in [0.2, 0.25) is 0 Å². The first kappa shape index (κ1) is 16.8. The minimum Gasteiger partial charge on any atom is -0.406 e. The topological polar surface area (TPSA) is 77.2 Å². The predicted octanol–water partition coefficient (Wildman–Crippen LogP) is 2.49. The van der Waals surface area contributed by atoms with Crippen LogP contribution in [-0.2, 0) is 11.2 Å². The van der Waals surface area contributed by atoms with Gasteiger partial charge in [-0.3, -0.25) is 9.78 Å². The van der Waals surface area contributed by atoms with Crippen molar-refractivity contribution in [2.75, 3.05) is 5.32 Å². The summed E-state index contributed by atoms with van der Waals surface area (Å²) in [5.74, 6) is -0.951. The molecule has 0 radical (unpaired) electrons. The summed E-state index contributed by atoms with van der Waals surface area (Å²) in [6.45, 7) is 0. The van der Waals surface area contributed by atoms with Gasteiger partial charge in [0, 0.05) is 30.1 Å². The molecule has 2 rings (SSSR count). The lowest BCUT2D eigenvalue weighted by atomic mass is 10.1. The Labute approximate surface area is 130 Å². The maximum atomic E-state index is 12.2. The van der Waals surface area contributed by atoms with Gasteiger partial charge in [0.15, 0.2) is 0 Å². The van der Waals surface area contributed by atoms with Gasteiger partial charge >= 0.3 is 6.36 Å². The predicted molar refractivity (Wildman–Crippen MR) is 77.7 cm³/mol. The fourth-order valence-electron chi connectivity index (χ4n) is 1.84. The molecule has 0 aliphatic heterocycles. The van der Waals surface area contributed by atoms with Gasteiger partial charge in [0.1, 0.15) is 5.75 Å². The van der Waals surface area contributed by atoms with Crippen molar-refractivity contribution in [1.82, 2.24) is 4.98 Å². The zero-order valence-corrected chi connectivity index (χ0v) is 11.9. The van der Waals surface area contributed by atoms with E-state index in [4.69, 9.17) is 5.73 Å². The van der Waals surface area contributed by atoms with Crippen molar-refractivity contribution in [3.05, 3.63) is 54.4 Å². The van der Waals surface area contributed by atoms with E-state index in [2.05, 4.69) is 15.0 Å². The first-order valence-electron chi connectivity index (χ1n) is 6.65. The highest BCUT2D eigenvalue weighted by Gasteiger charge is 2.31. The van der Waals surface area contributed by atoms with E-state index in [-0.39, 0.29) is 12.1 Å². The average molecular weight is 325 g/mol. The van der Waals surface area contributed by atoms with Crippen LogP contribution < -0.4 is 15.8 Å². The molecule has 0 aliphatic rings. The molecule has 1 aromatic carbocycles. The minimum atomic E-state index is -4.79. The maximum Gasteiger partial charge on any atom is 0.573 e. The third kappa shape index (κ3) is 5.59. The number of amides is 1. The number of carbonyl (C=O) groups excluding carboxylic acids is 1. The number of rotatable bonds is 5. The van der Waals surface area contributed by atoms with Crippen LogP contribution in [0, 0.1) is 0 Å². The average Bonchev–Trinajstić information content (AvgIpc) is 2.46. The molecule has 122 valence electrons. The summed E-state index contributed by atoms with van der Waals surface area (Å²) < 4.78 is 40.3. The van der Waals surface area contributed by atoms with Crippen LogP contribution in [0.1, 0.15) is 5.69 Å². The van der Waals surface area contributed by atoms with Gasteiger partial charge in [-0.05, 0) is 24.3 Å². The number of ether oxygens (including phenoxy) is 1. The van der Waals surface area contributed by atoms with E-state index in [1.165, 1.54) is 12.1 Å². The summed E-state index contributed by atoms with van der Waals surface area (Å²) in [5, 5.41) is 2.45. The summed E-state index contributed by atoms with van der Waals surface area (Å²) in [7, 11) is 0. The van der Waals surface area contributed by atoms with E-state index >= 15 is 0 Å². The second-order valence-electron chi connectivity index (χ2n) is 4.70. The van der Waals surface area contributed by atoms with Crippen molar-refractivity contribution in [3.8, 4) is 5.75 Å². The Kier molecular flexibility index (Phi) is 5.17. The molecule has 1 amide bonds. The van der Waals surface area contributed by atoms with Crippen LogP contribution in [0.15, 0.2) is 48.7 Å². The van der Waals surface area contributed by atoms with Crippen molar-refractivity contribution >= 4 is 11.6 Å². The highest BCUT2D eigenvalue weighted by molar-refractivity contribution is 5.94. The monoisotopic (exact) mass is 325 g/mol. The van der Waals surface area contributed by atoms with E-state index in [1.54, 1.807) is 24.4 Å². The van der Waals surface area contributed by atoms with Gasteiger partial charge in [-0.25, -0.2) is 0 Å². The zero-order chi connectivity index (χ0) is 16.9. The second kappa shape index (κ2) is 7.10. The molecule has 0 bridgehead atoms. The molecule has 1 aromatic heterocycles. The van der Waals surface area contributed by atoms with Crippen molar-refractivity contribution < 1.29 is 22.7 Å². The first-order valence-corrected chi connectivity index (χ1v) is 6.65. The van der Waals surface area contributed by atoms with Crippen molar-refractivity contribution in [3.63, 3.8) is 0 Å². The number of hydrogen-bond acceptors (Lipinski definition) is 4. The number of benzene rings is 1. The van der Waals surface area contributed by atoms with Crippen LogP contribution in [0.4, 0.5) is 18.9 Å². The van der Waals surface area contributed by atoms with Gasteiger partial charge in [0.25, 0.3) is 0 Å². The summed E-state index contributed by atoms with van der Waals surface area (Å²) in [6, 6.07) is 9.33. The molecule has 5 nitrogen and oxygen atoms in total. The lowest BCUT2D eigenvalue weighted by Crippen LogP contribution is -2.37. The Morgan fingerprint density at radius 2 is 2.04 bits per heavy atom. The summed E-state index contributed by atoms with van der Waals surface area (Å²) in [5.41, 5.74) is 6.58. The molecule has 23 heavy (non-hydrogen) atoms. The van der Waals surface area contributed by atoms with E-state index < -0.39 is 24.1 Å². The molecule has 0 spiro atoms. The van der Waals surface area contributed by atoms with E-state index in [0.29, 0.717) is 5.69 Å². The molecule has 0 unspecified atom stereocenters. The molecule has 8 heteroatoms. The molecular formula is C15H14F3N3O2. The molecule has 3 N–H and O–H groups in total. The molecule has 0 fully saturated rings. The number of halogens is 3. The largest absolute Gasteiger partial charge is 0.573 e. The number of carbonyl (C=O) groups is 1. The van der Waals surface area contributed by atoms with Crippen molar-refractivity contribution in [2.45, 2.75) is 18.8 Å². The number of anilines is 1. The number of hydrogen-bond donors (Lipinski definition) is 2. The van der Waals surface area contributed by atoms with Gasteiger partial charge in [-0.15, -0.1) is 13.2 Å². The van der Waals surface area contributed by atoms with Crippen LogP contribution >= 0.6 is 0 Å². The Hall–Kier alpha value is -2.61. The van der Waals surface area contributed by atoms with E-state index in [9.17, 15) is 18.0 Å². The van der Waals surface area contributed by atoms with Crippen LogP contribution in [0.3, 0.4) is 0 Å². The Morgan fingerprint density at radius 3 is 2.70 bits per heavy atom. The summed E-state index contributed by atoms with van der Waals surface area (Å²) in [4.78, 5) is 16.0. The number of nitrogens with zero attached hydrogens (tertiary/aromatic N) is 1. The molecule has 0 saturated carbocycles. The smallest absolute Gasteiger partial charge is 0.406 e. The second-order valence-corrected chi connectivity index (χ2v) is 4.70. The molecule has 2 aromatic rings. The van der Waals surface area contributed by atoms with Crippen LogP contribution in [-0.4, -0.2) is 23.3 Å². The lowest BCUT2D eigenvalue weighted by Gasteiger charge is -2.13. The van der Waals surface area contributed by atoms with E-state index in [0.717, 1.165) is 12.1 Å². The van der Waals surface area contributed by atoms with Gasteiger partial charge in [-0.1, -0.05) is 12.1 Å². The summed E-state index contributed by atoms with van der Waals surface area (Å²) >= 11 is 0.